The van der Waals surface area contributed by atoms with Crippen molar-refractivity contribution in [2.45, 2.75) is 38.5 Å². The van der Waals surface area contributed by atoms with Crippen molar-refractivity contribution in [3.63, 3.8) is 0 Å². The highest BCUT2D eigenvalue weighted by molar-refractivity contribution is 14.0. The molecule has 1 aliphatic rings. The van der Waals surface area contributed by atoms with Crippen LogP contribution in [-0.4, -0.2) is 23.6 Å². The molecule has 2 N–H and O–H groups in total. The Bertz CT molecular complexity index is 969. The van der Waals surface area contributed by atoms with Crippen molar-refractivity contribution in [1.82, 2.24) is 15.6 Å². The summed E-state index contributed by atoms with van der Waals surface area (Å²) in [5.41, 5.74) is 1.73. The van der Waals surface area contributed by atoms with Gasteiger partial charge in [-0.2, -0.15) is 0 Å². The summed E-state index contributed by atoms with van der Waals surface area (Å²) in [7, 11) is 1.77. The van der Waals surface area contributed by atoms with Crippen LogP contribution in [0.3, 0.4) is 0 Å². The molecule has 0 aliphatic carbocycles. The maximum atomic E-state index is 6.11. The fourth-order valence-electron chi connectivity index (χ4n) is 3.37. The molecular weight excluding hydrogens is 499 g/mol. The summed E-state index contributed by atoms with van der Waals surface area (Å²) >= 11 is 1.61. The zero-order valence-corrected chi connectivity index (χ0v) is 19.8. The van der Waals surface area contributed by atoms with Crippen molar-refractivity contribution < 1.29 is 9.15 Å². The minimum Gasteiger partial charge on any atom is -0.487 e. The molecule has 0 spiro atoms. The number of ether oxygens (including phenoxy) is 1. The van der Waals surface area contributed by atoms with Crippen molar-refractivity contribution in [3.8, 4) is 16.5 Å². The second-order valence-electron chi connectivity index (χ2n) is 7.35. The van der Waals surface area contributed by atoms with Crippen molar-refractivity contribution in [2.24, 2.45) is 4.99 Å². The van der Waals surface area contributed by atoms with E-state index in [-0.39, 0.29) is 35.6 Å². The topological polar surface area (TPSA) is 71.7 Å². The van der Waals surface area contributed by atoms with E-state index >= 15 is 0 Å². The molecular formula is C21H25IN4O2S. The van der Waals surface area contributed by atoms with E-state index in [4.69, 9.17) is 9.15 Å². The number of thiophene rings is 1. The number of aromatic nitrogens is 1. The van der Waals surface area contributed by atoms with Crippen LogP contribution >= 0.6 is 35.3 Å². The van der Waals surface area contributed by atoms with Crippen molar-refractivity contribution in [1.29, 1.82) is 0 Å². The Labute approximate surface area is 191 Å². The van der Waals surface area contributed by atoms with Gasteiger partial charge in [-0.25, -0.2) is 4.98 Å². The van der Waals surface area contributed by atoms with Crippen LogP contribution in [-0.2, 0) is 6.54 Å². The number of oxazole rings is 1. The Kier molecular flexibility index (Phi) is 6.84. The van der Waals surface area contributed by atoms with Gasteiger partial charge >= 0.3 is 0 Å². The van der Waals surface area contributed by atoms with Gasteiger partial charge in [-0.1, -0.05) is 24.3 Å². The lowest BCUT2D eigenvalue weighted by Gasteiger charge is -2.38. The van der Waals surface area contributed by atoms with Gasteiger partial charge < -0.3 is 19.8 Å². The molecule has 6 nitrogen and oxygen atoms in total. The molecule has 29 heavy (non-hydrogen) atoms. The summed E-state index contributed by atoms with van der Waals surface area (Å²) in [6.07, 6.45) is 2.53. The van der Waals surface area contributed by atoms with Crippen molar-refractivity contribution in [3.05, 3.63) is 59.3 Å². The van der Waals surface area contributed by atoms with Crippen molar-refractivity contribution in [2.75, 3.05) is 7.05 Å². The summed E-state index contributed by atoms with van der Waals surface area (Å²) in [6, 6.07) is 12.3. The van der Waals surface area contributed by atoms with E-state index < -0.39 is 0 Å². The first-order valence-corrected chi connectivity index (χ1v) is 10.2. The molecule has 1 unspecified atom stereocenters. The van der Waals surface area contributed by atoms with Gasteiger partial charge in [0.1, 0.15) is 17.6 Å². The van der Waals surface area contributed by atoms with Gasteiger partial charge in [0.25, 0.3) is 0 Å². The van der Waals surface area contributed by atoms with Crippen LogP contribution in [0.5, 0.6) is 5.75 Å². The summed E-state index contributed by atoms with van der Waals surface area (Å²) in [5, 5.41) is 8.86. The SMILES string of the molecule is CN=C(NCc1coc(-c2cccs2)n1)NC1CC(C)(C)Oc2ccccc21.I. The van der Waals surface area contributed by atoms with Crippen LogP contribution in [0, 0.1) is 0 Å². The fraction of sp³-hybridized carbons (Fsp3) is 0.333. The molecule has 1 aliphatic heterocycles. The average Bonchev–Trinajstić information content (AvgIpc) is 3.35. The molecule has 0 fully saturated rings. The number of nitrogens with zero attached hydrogens (tertiary/aromatic N) is 2. The van der Waals surface area contributed by atoms with Crippen LogP contribution in [0.1, 0.15) is 37.6 Å². The Balaban J connectivity index is 0.00000240. The number of hydrogen-bond donors (Lipinski definition) is 2. The lowest BCUT2D eigenvalue weighted by atomic mass is 9.90. The Hall–Kier alpha value is -2.07. The van der Waals surface area contributed by atoms with E-state index in [0.29, 0.717) is 12.4 Å². The quantitative estimate of drug-likeness (QED) is 0.286. The largest absolute Gasteiger partial charge is 0.487 e. The first-order valence-electron chi connectivity index (χ1n) is 9.27. The number of halogens is 1. The lowest BCUT2D eigenvalue weighted by molar-refractivity contribution is 0.0694. The van der Waals surface area contributed by atoms with Crippen LogP contribution < -0.4 is 15.4 Å². The molecule has 0 saturated heterocycles. The third-order valence-electron chi connectivity index (χ3n) is 4.63. The van der Waals surface area contributed by atoms with Gasteiger partial charge in [-0.05, 0) is 31.4 Å². The number of aliphatic imine (C=N–C) groups is 1. The number of fused-ring (bicyclic) bond motifs is 1. The monoisotopic (exact) mass is 524 g/mol. The molecule has 0 amide bonds. The summed E-state index contributed by atoms with van der Waals surface area (Å²) in [6.45, 7) is 4.74. The minimum absolute atomic E-state index is 0. The smallest absolute Gasteiger partial charge is 0.236 e. The maximum absolute atomic E-state index is 6.11. The van der Waals surface area contributed by atoms with Crippen LogP contribution in [0.15, 0.2) is 57.5 Å². The highest BCUT2D eigenvalue weighted by Gasteiger charge is 2.33. The van der Waals surface area contributed by atoms with E-state index in [2.05, 4.69) is 40.5 Å². The standard InChI is InChI=1S/C21H24N4O2S.HI/c1-21(2)11-16(15-7-4-5-8-17(15)27-21)25-20(22-3)23-12-14-13-26-19(24-14)18-9-6-10-28-18;/h4-10,13,16H,11-12H2,1-3H3,(H2,22,23,25);1H. The first kappa shape index (κ1) is 21.6. The van der Waals surface area contributed by atoms with E-state index in [1.165, 1.54) is 0 Å². The van der Waals surface area contributed by atoms with E-state index in [1.807, 2.05) is 35.7 Å². The third kappa shape index (κ3) is 5.11. The second kappa shape index (κ2) is 9.17. The normalized spacial score (nSPS) is 17.6. The van der Waals surface area contributed by atoms with Gasteiger partial charge in [-0.15, -0.1) is 35.3 Å². The van der Waals surface area contributed by atoms with Crippen LogP contribution in [0.25, 0.3) is 10.8 Å². The predicted octanol–water partition coefficient (Wildman–Crippen LogP) is 4.99. The number of hydrogen-bond acceptors (Lipinski definition) is 5. The minimum atomic E-state index is -0.243. The lowest BCUT2D eigenvalue weighted by Crippen LogP contribution is -2.45. The van der Waals surface area contributed by atoms with Gasteiger partial charge in [0.2, 0.25) is 5.89 Å². The van der Waals surface area contributed by atoms with Crippen LogP contribution in [0.4, 0.5) is 0 Å². The fourth-order valence-corrected chi connectivity index (χ4v) is 4.02. The molecule has 4 rings (SSSR count). The van der Waals surface area contributed by atoms with E-state index in [9.17, 15) is 0 Å². The maximum Gasteiger partial charge on any atom is 0.236 e. The highest BCUT2D eigenvalue weighted by atomic mass is 127. The number of nitrogens with one attached hydrogen (secondary N) is 2. The number of para-hydroxylation sites is 1. The van der Waals surface area contributed by atoms with Gasteiger partial charge in [-0.3, -0.25) is 4.99 Å². The number of rotatable bonds is 4. The zero-order chi connectivity index (χ0) is 19.6. The van der Waals surface area contributed by atoms with Gasteiger partial charge in [0.05, 0.1) is 23.2 Å². The highest BCUT2D eigenvalue weighted by Crippen LogP contribution is 2.39. The average molecular weight is 524 g/mol. The zero-order valence-electron chi connectivity index (χ0n) is 16.6. The second-order valence-corrected chi connectivity index (χ2v) is 8.30. The first-order chi connectivity index (χ1) is 13.5. The Morgan fingerprint density at radius 3 is 2.86 bits per heavy atom. The van der Waals surface area contributed by atoms with Gasteiger partial charge in [0.15, 0.2) is 5.96 Å². The molecule has 0 saturated carbocycles. The molecule has 1 aromatic carbocycles. The van der Waals surface area contributed by atoms with Crippen LogP contribution in [0.2, 0.25) is 0 Å². The summed E-state index contributed by atoms with van der Waals surface area (Å²) in [5.74, 6) is 2.29. The Morgan fingerprint density at radius 2 is 2.10 bits per heavy atom. The molecule has 0 bridgehead atoms. The molecule has 2 aromatic heterocycles. The predicted molar refractivity (Wildman–Crippen MR) is 127 cm³/mol. The summed E-state index contributed by atoms with van der Waals surface area (Å²) in [4.78, 5) is 9.94. The molecule has 8 heteroatoms. The molecule has 3 heterocycles. The molecule has 1 atom stereocenters. The molecule has 0 radical (unpaired) electrons. The summed E-state index contributed by atoms with van der Waals surface area (Å²) < 4.78 is 11.7. The number of benzene rings is 1. The van der Waals surface area contributed by atoms with E-state index in [1.54, 1.807) is 24.6 Å². The molecule has 3 aromatic rings. The number of guanidine groups is 1. The van der Waals surface area contributed by atoms with E-state index in [0.717, 1.165) is 34.3 Å². The van der Waals surface area contributed by atoms with Gasteiger partial charge in [0, 0.05) is 19.0 Å². The van der Waals surface area contributed by atoms with Crippen molar-refractivity contribution >= 4 is 41.3 Å². The third-order valence-corrected chi connectivity index (χ3v) is 5.49. The Morgan fingerprint density at radius 1 is 1.28 bits per heavy atom. The molecule has 154 valence electrons.